The molecular weight excluding hydrogens is 334 g/mol. The Hall–Kier alpha value is -1.06. The number of nitrogens with zero attached hydrogens (tertiary/aromatic N) is 2. The molecule has 0 radical (unpaired) electrons. The van der Waals surface area contributed by atoms with Crippen molar-refractivity contribution < 1.29 is 4.79 Å². The summed E-state index contributed by atoms with van der Waals surface area (Å²) in [6, 6.07) is 0. The number of carbonyl (C=O) groups is 1. The highest BCUT2D eigenvalue weighted by atomic mass is 16.2. The van der Waals surface area contributed by atoms with Gasteiger partial charge in [-0.1, -0.05) is 78.1 Å². The maximum atomic E-state index is 13.5. The van der Waals surface area contributed by atoms with Gasteiger partial charge in [-0.25, -0.2) is 4.99 Å². The molecule has 0 aromatic carbocycles. The molecule has 0 bridgehead atoms. The van der Waals surface area contributed by atoms with Crippen LogP contribution in [0.5, 0.6) is 0 Å². The molecule has 4 heteroatoms. The molecule has 27 heavy (non-hydrogen) atoms. The molecule has 2 N–H and O–H groups in total. The van der Waals surface area contributed by atoms with Crippen LogP contribution in [0.1, 0.15) is 104 Å². The van der Waals surface area contributed by atoms with Crippen LogP contribution in [0.4, 0.5) is 0 Å². The minimum Gasteiger partial charge on any atom is -0.369 e. The van der Waals surface area contributed by atoms with E-state index in [9.17, 15) is 4.79 Å². The number of carbonyl (C=O) groups excluding carboxylic acids is 1. The van der Waals surface area contributed by atoms with E-state index in [4.69, 9.17) is 10.7 Å². The van der Waals surface area contributed by atoms with E-state index in [2.05, 4.69) is 13.8 Å². The van der Waals surface area contributed by atoms with Crippen molar-refractivity contribution in [1.29, 1.82) is 0 Å². The normalized spacial score (nSPS) is 28.2. The molecular formula is C23H41N3O. The molecule has 0 saturated heterocycles. The lowest BCUT2D eigenvalue weighted by Crippen LogP contribution is -2.46. The Kier molecular flexibility index (Phi) is 7.22. The largest absolute Gasteiger partial charge is 0.369 e. The van der Waals surface area contributed by atoms with Gasteiger partial charge in [0, 0.05) is 6.54 Å². The fraction of sp³-hybridized carbons (Fsp3) is 0.913. The zero-order valence-corrected chi connectivity index (χ0v) is 17.7. The molecule has 2 saturated carbocycles. The van der Waals surface area contributed by atoms with Gasteiger partial charge in [-0.05, 0) is 43.4 Å². The molecule has 1 amide bonds. The maximum Gasteiger partial charge on any atom is 0.257 e. The second-order valence-corrected chi connectivity index (χ2v) is 9.89. The number of hydrogen-bond acceptors (Lipinski definition) is 3. The standard InChI is InChI=1S/C23H41N3O/c1-18(2)14-16-26-21(27)23(25-22(26)24,17-20-11-7-4-8-12-20)15-13-19-9-5-3-6-10-19/h18-20H,3-17H2,1-2H3,(H2,24,25)/t23-/m1/s1. The highest BCUT2D eigenvalue weighted by Gasteiger charge is 2.48. The quantitative estimate of drug-likeness (QED) is 0.629. The monoisotopic (exact) mass is 375 g/mol. The van der Waals surface area contributed by atoms with Crippen LogP contribution in [0.25, 0.3) is 0 Å². The first kappa shape index (κ1) is 20.7. The predicted molar refractivity (Wildman–Crippen MR) is 113 cm³/mol. The van der Waals surface area contributed by atoms with Crippen LogP contribution < -0.4 is 5.73 Å². The van der Waals surface area contributed by atoms with Crippen molar-refractivity contribution in [2.24, 2.45) is 28.5 Å². The molecule has 2 fully saturated rings. The third kappa shape index (κ3) is 5.26. The van der Waals surface area contributed by atoms with E-state index in [0.29, 0.717) is 17.8 Å². The van der Waals surface area contributed by atoms with E-state index in [1.54, 1.807) is 0 Å². The zero-order valence-electron chi connectivity index (χ0n) is 17.7. The van der Waals surface area contributed by atoms with E-state index >= 15 is 0 Å². The Morgan fingerprint density at radius 2 is 1.63 bits per heavy atom. The van der Waals surface area contributed by atoms with Crippen LogP contribution in [-0.2, 0) is 4.79 Å². The first-order valence-electron chi connectivity index (χ1n) is 11.7. The molecule has 154 valence electrons. The molecule has 0 aromatic heterocycles. The maximum absolute atomic E-state index is 13.5. The molecule has 0 unspecified atom stereocenters. The lowest BCUT2D eigenvalue weighted by atomic mass is 9.75. The summed E-state index contributed by atoms with van der Waals surface area (Å²) in [4.78, 5) is 20.2. The SMILES string of the molecule is CC(C)CCN1C(=O)[C@@](CCC2CCCCC2)(CC2CCCCC2)N=C1N. The van der Waals surface area contributed by atoms with Gasteiger partial charge in [-0.2, -0.15) is 0 Å². The van der Waals surface area contributed by atoms with Gasteiger partial charge >= 0.3 is 0 Å². The molecule has 2 aliphatic carbocycles. The van der Waals surface area contributed by atoms with E-state index in [1.807, 2.05) is 4.90 Å². The number of guanidine groups is 1. The number of rotatable bonds is 8. The van der Waals surface area contributed by atoms with Gasteiger partial charge < -0.3 is 5.73 Å². The fourth-order valence-electron chi connectivity index (χ4n) is 5.47. The van der Waals surface area contributed by atoms with Crippen LogP contribution in [0.3, 0.4) is 0 Å². The van der Waals surface area contributed by atoms with Crippen molar-refractivity contribution in [1.82, 2.24) is 4.90 Å². The summed E-state index contributed by atoms with van der Waals surface area (Å²) in [5, 5.41) is 0. The summed E-state index contributed by atoms with van der Waals surface area (Å²) < 4.78 is 0. The zero-order chi connectivity index (χ0) is 19.3. The van der Waals surface area contributed by atoms with Crippen molar-refractivity contribution >= 4 is 11.9 Å². The molecule has 4 nitrogen and oxygen atoms in total. The van der Waals surface area contributed by atoms with Crippen LogP contribution >= 0.6 is 0 Å². The highest BCUT2D eigenvalue weighted by Crippen LogP contribution is 2.40. The van der Waals surface area contributed by atoms with E-state index in [1.165, 1.54) is 64.2 Å². The topological polar surface area (TPSA) is 58.7 Å². The van der Waals surface area contributed by atoms with Gasteiger partial charge in [-0.15, -0.1) is 0 Å². The van der Waals surface area contributed by atoms with Crippen LogP contribution in [0.15, 0.2) is 4.99 Å². The minimum absolute atomic E-state index is 0.210. The molecule has 0 aromatic rings. The molecule has 1 heterocycles. The van der Waals surface area contributed by atoms with Crippen LogP contribution in [0, 0.1) is 17.8 Å². The Labute approximate surface area is 166 Å². The van der Waals surface area contributed by atoms with E-state index in [0.717, 1.165) is 38.1 Å². The lowest BCUT2D eigenvalue weighted by molar-refractivity contribution is -0.132. The van der Waals surface area contributed by atoms with Gasteiger partial charge in [0.05, 0.1) is 0 Å². The average Bonchev–Trinajstić information content (AvgIpc) is 2.90. The number of aliphatic imine (C=N–C) groups is 1. The van der Waals surface area contributed by atoms with Gasteiger partial charge in [0.15, 0.2) is 5.96 Å². The summed E-state index contributed by atoms with van der Waals surface area (Å²) >= 11 is 0. The Bertz CT molecular complexity index is 518. The van der Waals surface area contributed by atoms with Crippen LogP contribution in [0.2, 0.25) is 0 Å². The summed E-state index contributed by atoms with van der Waals surface area (Å²) in [6.07, 6.45) is 17.3. The molecule has 3 rings (SSSR count). The first-order chi connectivity index (χ1) is 13.0. The van der Waals surface area contributed by atoms with Crippen molar-refractivity contribution in [2.45, 2.75) is 109 Å². The fourth-order valence-corrected chi connectivity index (χ4v) is 5.47. The second-order valence-electron chi connectivity index (χ2n) is 9.89. The third-order valence-electron chi connectivity index (χ3n) is 7.22. The minimum atomic E-state index is -0.555. The number of hydrogen-bond donors (Lipinski definition) is 1. The van der Waals surface area contributed by atoms with Gasteiger partial charge in [0.2, 0.25) is 0 Å². The molecule has 0 spiro atoms. The van der Waals surface area contributed by atoms with E-state index < -0.39 is 5.54 Å². The van der Waals surface area contributed by atoms with Gasteiger partial charge in [-0.3, -0.25) is 9.69 Å². The van der Waals surface area contributed by atoms with E-state index in [-0.39, 0.29) is 5.91 Å². The van der Waals surface area contributed by atoms with Crippen molar-refractivity contribution in [3.05, 3.63) is 0 Å². The van der Waals surface area contributed by atoms with Crippen molar-refractivity contribution in [3.8, 4) is 0 Å². The number of amides is 1. The summed E-state index contributed by atoms with van der Waals surface area (Å²) in [6.45, 7) is 5.13. The van der Waals surface area contributed by atoms with Crippen molar-refractivity contribution in [3.63, 3.8) is 0 Å². The summed E-state index contributed by atoms with van der Waals surface area (Å²) in [7, 11) is 0. The highest BCUT2D eigenvalue weighted by molar-refractivity contribution is 6.06. The second kappa shape index (κ2) is 9.43. The summed E-state index contributed by atoms with van der Waals surface area (Å²) in [5.41, 5.74) is 5.75. The van der Waals surface area contributed by atoms with Gasteiger partial charge in [0.25, 0.3) is 5.91 Å². The average molecular weight is 376 g/mol. The van der Waals surface area contributed by atoms with Crippen LogP contribution in [-0.4, -0.2) is 28.9 Å². The smallest absolute Gasteiger partial charge is 0.257 e. The predicted octanol–water partition coefficient (Wildman–Crippen LogP) is 5.26. The number of nitrogens with two attached hydrogens (primary N) is 1. The summed E-state index contributed by atoms with van der Waals surface area (Å²) in [5.74, 6) is 2.70. The first-order valence-corrected chi connectivity index (χ1v) is 11.7. The lowest BCUT2D eigenvalue weighted by Gasteiger charge is -2.33. The Balaban J connectivity index is 1.71. The van der Waals surface area contributed by atoms with Gasteiger partial charge in [0.1, 0.15) is 5.54 Å². The Morgan fingerprint density at radius 3 is 2.22 bits per heavy atom. The molecule has 1 aliphatic heterocycles. The third-order valence-corrected chi connectivity index (χ3v) is 7.22. The molecule has 3 aliphatic rings. The Morgan fingerprint density at radius 1 is 1.04 bits per heavy atom. The molecule has 1 atom stereocenters. The van der Waals surface area contributed by atoms with Crippen molar-refractivity contribution in [2.75, 3.05) is 6.54 Å².